The Kier molecular flexibility index (Phi) is 5.12. The predicted octanol–water partition coefficient (Wildman–Crippen LogP) is 4.09. The predicted molar refractivity (Wildman–Crippen MR) is 91.2 cm³/mol. The van der Waals surface area contributed by atoms with E-state index in [4.69, 9.17) is 10.00 Å². The highest BCUT2D eigenvalue weighted by atomic mass is 16.6. The Morgan fingerprint density at radius 1 is 1.12 bits per heavy atom. The van der Waals surface area contributed by atoms with Gasteiger partial charge in [-0.25, -0.2) is 4.79 Å². The van der Waals surface area contributed by atoms with Crippen LogP contribution >= 0.6 is 0 Å². The van der Waals surface area contributed by atoms with Crippen LogP contribution in [0.2, 0.25) is 0 Å². The molecule has 1 saturated heterocycles. The largest absolute Gasteiger partial charge is 0.445 e. The van der Waals surface area contributed by atoms with Gasteiger partial charge in [0.05, 0.1) is 12.5 Å². The number of nitrogens with zero attached hydrogens (tertiary/aromatic N) is 2. The molecule has 1 aliphatic heterocycles. The Balaban J connectivity index is 1.66. The summed E-state index contributed by atoms with van der Waals surface area (Å²) in [6.07, 6.45) is 0.805. The highest BCUT2D eigenvalue weighted by Crippen LogP contribution is 2.33. The first kappa shape index (κ1) is 16.1. The summed E-state index contributed by atoms with van der Waals surface area (Å²) in [5.74, 6) is 0.258. The third-order valence-electron chi connectivity index (χ3n) is 4.45. The van der Waals surface area contributed by atoms with Crippen molar-refractivity contribution >= 4 is 6.09 Å². The molecule has 1 fully saturated rings. The maximum absolute atomic E-state index is 12.5. The second-order valence-corrected chi connectivity index (χ2v) is 6.05. The molecule has 1 aliphatic rings. The number of carbonyl (C=O) groups is 1. The van der Waals surface area contributed by atoms with Crippen molar-refractivity contribution < 1.29 is 9.53 Å². The maximum atomic E-state index is 12.5. The summed E-state index contributed by atoms with van der Waals surface area (Å²) in [7, 11) is 0. The van der Waals surface area contributed by atoms with E-state index in [9.17, 15) is 4.79 Å². The first-order valence-electron chi connectivity index (χ1n) is 8.17. The van der Waals surface area contributed by atoms with Gasteiger partial charge in [-0.3, -0.25) is 0 Å². The van der Waals surface area contributed by atoms with Crippen molar-refractivity contribution in [3.8, 4) is 6.07 Å². The number of ether oxygens (including phenoxy) is 1. The Hall–Kier alpha value is -2.80. The minimum Gasteiger partial charge on any atom is -0.445 e. The average Bonchev–Trinajstić information content (AvgIpc) is 3.06. The zero-order chi connectivity index (χ0) is 16.8. The molecule has 24 heavy (non-hydrogen) atoms. The van der Waals surface area contributed by atoms with Crippen LogP contribution in [0.1, 0.15) is 29.9 Å². The van der Waals surface area contributed by atoms with Gasteiger partial charge in [-0.15, -0.1) is 0 Å². The van der Waals surface area contributed by atoms with E-state index in [1.807, 2.05) is 48.5 Å². The van der Waals surface area contributed by atoms with Gasteiger partial charge >= 0.3 is 6.09 Å². The lowest BCUT2D eigenvalue weighted by Gasteiger charge is -2.22. The van der Waals surface area contributed by atoms with Crippen LogP contribution in [0.25, 0.3) is 0 Å². The number of amides is 1. The van der Waals surface area contributed by atoms with E-state index in [0.717, 1.165) is 12.0 Å². The lowest BCUT2D eigenvalue weighted by atomic mass is 9.96. The van der Waals surface area contributed by atoms with Crippen molar-refractivity contribution in [2.75, 3.05) is 6.54 Å². The van der Waals surface area contributed by atoms with Gasteiger partial charge in [-0.05, 0) is 17.5 Å². The molecule has 2 aromatic carbocycles. The zero-order valence-electron chi connectivity index (χ0n) is 13.5. The second kappa shape index (κ2) is 7.65. The molecule has 0 radical (unpaired) electrons. The highest BCUT2D eigenvalue weighted by molar-refractivity contribution is 5.69. The van der Waals surface area contributed by atoms with E-state index < -0.39 is 0 Å². The number of rotatable bonds is 4. The molecule has 4 nitrogen and oxygen atoms in total. The minimum absolute atomic E-state index is 0.0801. The quantitative estimate of drug-likeness (QED) is 0.852. The van der Waals surface area contributed by atoms with Crippen LogP contribution in [0.15, 0.2) is 60.7 Å². The lowest BCUT2D eigenvalue weighted by molar-refractivity contribution is 0.0924. The third kappa shape index (κ3) is 3.75. The van der Waals surface area contributed by atoms with E-state index in [0.29, 0.717) is 13.0 Å². The van der Waals surface area contributed by atoms with E-state index in [1.54, 1.807) is 4.90 Å². The summed E-state index contributed by atoms with van der Waals surface area (Å²) < 4.78 is 5.45. The van der Waals surface area contributed by atoms with Gasteiger partial charge < -0.3 is 9.64 Å². The Morgan fingerprint density at radius 2 is 1.79 bits per heavy atom. The fourth-order valence-electron chi connectivity index (χ4n) is 3.21. The van der Waals surface area contributed by atoms with Gasteiger partial charge in [0.1, 0.15) is 6.61 Å². The summed E-state index contributed by atoms with van der Waals surface area (Å²) in [6, 6.07) is 21.9. The SMILES string of the molecule is N#CCC1CC(c2ccccc2)CN1C(=O)OCc1ccccc1. The Bertz CT molecular complexity index is 709. The smallest absolute Gasteiger partial charge is 0.410 e. The number of likely N-dealkylation sites (tertiary alicyclic amines) is 1. The van der Waals surface area contributed by atoms with Gasteiger partial charge in [0, 0.05) is 18.5 Å². The topological polar surface area (TPSA) is 53.3 Å². The summed E-state index contributed by atoms with van der Waals surface area (Å²) >= 11 is 0. The lowest BCUT2D eigenvalue weighted by Crippen LogP contribution is -2.35. The fourth-order valence-corrected chi connectivity index (χ4v) is 3.21. The molecule has 0 bridgehead atoms. The first-order valence-corrected chi connectivity index (χ1v) is 8.17. The number of hydrogen-bond donors (Lipinski definition) is 0. The van der Waals surface area contributed by atoms with Gasteiger partial charge in [-0.2, -0.15) is 5.26 Å². The molecule has 2 atom stereocenters. The van der Waals surface area contributed by atoms with Gasteiger partial charge in [0.2, 0.25) is 0 Å². The second-order valence-electron chi connectivity index (χ2n) is 6.05. The first-order chi connectivity index (χ1) is 11.8. The minimum atomic E-state index is -0.336. The van der Waals surface area contributed by atoms with Crippen LogP contribution in [-0.2, 0) is 11.3 Å². The summed E-state index contributed by atoms with van der Waals surface area (Å²) in [5, 5.41) is 9.06. The van der Waals surface area contributed by atoms with Gasteiger partial charge in [0.25, 0.3) is 0 Å². The van der Waals surface area contributed by atoms with Crippen molar-refractivity contribution in [1.82, 2.24) is 4.90 Å². The van der Waals surface area contributed by atoms with E-state index in [-0.39, 0.29) is 24.7 Å². The molecule has 1 heterocycles. The molecule has 2 aromatic rings. The van der Waals surface area contributed by atoms with Crippen molar-refractivity contribution in [3.05, 3.63) is 71.8 Å². The highest BCUT2D eigenvalue weighted by Gasteiger charge is 2.36. The molecule has 3 rings (SSSR count). The van der Waals surface area contributed by atoms with Crippen LogP contribution in [0, 0.1) is 11.3 Å². The number of nitriles is 1. The molecular weight excluding hydrogens is 300 g/mol. The number of benzene rings is 2. The van der Waals surface area contributed by atoms with Crippen molar-refractivity contribution in [3.63, 3.8) is 0 Å². The molecule has 0 N–H and O–H groups in total. The van der Waals surface area contributed by atoms with Crippen LogP contribution in [0.4, 0.5) is 4.79 Å². The number of carbonyl (C=O) groups excluding carboxylic acids is 1. The normalized spacial score (nSPS) is 19.7. The van der Waals surface area contributed by atoms with Crippen LogP contribution in [-0.4, -0.2) is 23.6 Å². The molecule has 0 spiro atoms. The molecular formula is C20H20N2O2. The average molecular weight is 320 g/mol. The summed E-state index contributed by atoms with van der Waals surface area (Å²) in [6.45, 7) is 0.857. The van der Waals surface area contributed by atoms with Gasteiger partial charge in [0.15, 0.2) is 0 Å². The standard InChI is InChI=1S/C20H20N2O2/c21-12-11-19-13-18(17-9-5-2-6-10-17)14-22(19)20(23)24-15-16-7-3-1-4-8-16/h1-10,18-19H,11,13-15H2. The Labute approximate surface area is 142 Å². The van der Waals surface area contributed by atoms with Crippen molar-refractivity contribution in [2.24, 2.45) is 0 Å². The molecule has 0 aromatic heterocycles. The molecule has 1 amide bonds. The van der Waals surface area contributed by atoms with E-state index in [1.165, 1.54) is 5.56 Å². The third-order valence-corrected chi connectivity index (χ3v) is 4.45. The zero-order valence-corrected chi connectivity index (χ0v) is 13.5. The number of hydrogen-bond acceptors (Lipinski definition) is 3. The Morgan fingerprint density at radius 3 is 2.46 bits per heavy atom. The van der Waals surface area contributed by atoms with Crippen LogP contribution in [0.3, 0.4) is 0 Å². The van der Waals surface area contributed by atoms with E-state index >= 15 is 0 Å². The summed E-state index contributed by atoms with van der Waals surface area (Å²) in [4.78, 5) is 14.2. The molecule has 0 saturated carbocycles. The molecule has 2 unspecified atom stereocenters. The molecule has 4 heteroatoms. The summed E-state index contributed by atoms with van der Waals surface area (Å²) in [5.41, 5.74) is 2.17. The van der Waals surface area contributed by atoms with E-state index in [2.05, 4.69) is 18.2 Å². The molecule has 0 aliphatic carbocycles. The van der Waals surface area contributed by atoms with Crippen molar-refractivity contribution in [2.45, 2.75) is 31.4 Å². The fraction of sp³-hybridized carbons (Fsp3) is 0.300. The monoisotopic (exact) mass is 320 g/mol. The van der Waals surface area contributed by atoms with Crippen molar-refractivity contribution in [1.29, 1.82) is 5.26 Å². The van der Waals surface area contributed by atoms with Crippen LogP contribution < -0.4 is 0 Å². The maximum Gasteiger partial charge on any atom is 0.410 e. The molecule has 122 valence electrons. The van der Waals surface area contributed by atoms with Crippen LogP contribution in [0.5, 0.6) is 0 Å². The van der Waals surface area contributed by atoms with Gasteiger partial charge in [-0.1, -0.05) is 60.7 Å².